The number of carboxylic acids is 1. The van der Waals surface area contributed by atoms with Gasteiger partial charge in [-0.3, -0.25) is 0 Å². The van der Waals surface area contributed by atoms with Gasteiger partial charge in [0.05, 0.1) is 22.2 Å². The summed E-state index contributed by atoms with van der Waals surface area (Å²) < 4.78 is 5.73. The standard InChI is InChI=1S/C20H11Cl2NO3/c21-17-4-2-1-3-15(17)13(11-23)9-14-6-8-19(26-14)16-10-12(20(24)25)5-7-18(16)22/h1-10H,(H,24,25). The van der Waals surface area contributed by atoms with Gasteiger partial charge in [-0.05, 0) is 42.5 Å². The molecule has 1 heterocycles. The highest BCUT2D eigenvalue weighted by atomic mass is 35.5. The summed E-state index contributed by atoms with van der Waals surface area (Å²) >= 11 is 12.3. The molecule has 0 saturated heterocycles. The Morgan fingerprint density at radius 1 is 1.08 bits per heavy atom. The molecule has 4 nitrogen and oxygen atoms in total. The van der Waals surface area contributed by atoms with Gasteiger partial charge in [-0.25, -0.2) is 4.79 Å². The Kier molecular flexibility index (Phi) is 5.13. The summed E-state index contributed by atoms with van der Waals surface area (Å²) in [4.78, 5) is 11.1. The van der Waals surface area contributed by atoms with Crippen LogP contribution in [0.4, 0.5) is 0 Å². The first-order valence-corrected chi connectivity index (χ1v) is 8.25. The average molecular weight is 384 g/mol. The van der Waals surface area contributed by atoms with Crippen molar-refractivity contribution in [2.75, 3.05) is 0 Å². The SMILES string of the molecule is N#CC(=Cc1ccc(-c2cc(C(=O)O)ccc2Cl)o1)c1ccccc1Cl. The summed E-state index contributed by atoms with van der Waals surface area (Å²) in [5.74, 6) is -0.228. The van der Waals surface area contributed by atoms with Crippen molar-refractivity contribution >= 4 is 40.8 Å². The van der Waals surface area contributed by atoms with E-state index in [0.717, 1.165) is 0 Å². The van der Waals surface area contributed by atoms with Gasteiger partial charge in [0, 0.05) is 16.1 Å². The van der Waals surface area contributed by atoms with Crippen LogP contribution in [0.1, 0.15) is 21.7 Å². The molecule has 0 aliphatic rings. The van der Waals surface area contributed by atoms with Crippen molar-refractivity contribution in [1.82, 2.24) is 0 Å². The third-order valence-electron chi connectivity index (χ3n) is 3.68. The monoisotopic (exact) mass is 383 g/mol. The number of nitriles is 1. The summed E-state index contributed by atoms with van der Waals surface area (Å²) in [6.07, 6.45) is 1.57. The van der Waals surface area contributed by atoms with Crippen molar-refractivity contribution in [2.45, 2.75) is 0 Å². The van der Waals surface area contributed by atoms with Gasteiger partial charge in [-0.1, -0.05) is 41.4 Å². The Hall–Kier alpha value is -3.00. The number of hydrogen-bond donors (Lipinski definition) is 1. The van der Waals surface area contributed by atoms with E-state index >= 15 is 0 Å². The van der Waals surface area contributed by atoms with Crippen LogP contribution >= 0.6 is 23.2 Å². The minimum Gasteiger partial charge on any atom is -0.478 e. The predicted octanol–water partition coefficient (Wildman–Crippen LogP) is 6.02. The fourth-order valence-electron chi connectivity index (χ4n) is 2.41. The molecule has 0 aliphatic heterocycles. The molecule has 0 atom stereocenters. The second-order valence-electron chi connectivity index (χ2n) is 5.35. The summed E-state index contributed by atoms with van der Waals surface area (Å²) in [6, 6.07) is 16.8. The maximum absolute atomic E-state index is 11.1. The molecule has 0 bridgehead atoms. The number of allylic oxidation sites excluding steroid dienone is 1. The first kappa shape index (κ1) is 17.8. The number of hydrogen-bond acceptors (Lipinski definition) is 3. The number of carbonyl (C=O) groups is 1. The number of furan rings is 1. The van der Waals surface area contributed by atoms with Gasteiger partial charge in [-0.2, -0.15) is 5.26 Å². The molecule has 3 aromatic rings. The Labute approximate surface area is 159 Å². The zero-order valence-corrected chi connectivity index (χ0v) is 14.8. The number of aromatic carboxylic acids is 1. The van der Waals surface area contributed by atoms with E-state index < -0.39 is 5.97 Å². The lowest BCUT2D eigenvalue weighted by molar-refractivity contribution is 0.0697. The number of benzene rings is 2. The molecule has 26 heavy (non-hydrogen) atoms. The van der Waals surface area contributed by atoms with Crippen molar-refractivity contribution in [1.29, 1.82) is 5.26 Å². The Morgan fingerprint density at radius 2 is 1.85 bits per heavy atom. The highest BCUT2D eigenvalue weighted by Gasteiger charge is 2.13. The first-order valence-electron chi connectivity index (χ1n) is 7.49. The molecule has 0 radical (unpaired) electrons. The van der Waals surface area contributed by atoms with Crippen molar-refractivity contribution < 1.29 is 14.3 Å². The number of carboxylic acid groups (broad SMARTS) is 1. The van der Waals surface area contributed by atoms with Gasteiger partial charge < -0.3 is 9.52 Å². The van der Waals surface area contributed by atoms with Crippen LogP contribution in [0.2, 0.25) is 10.0 Å². The summed E-state index contributed by atoms with van der Waals surface area (Å²) in [7, 11) is 0. The fourth-order valence-corrected chi connectivity index (χ4v) is 2.86. The number of rotatable bonds is 4. The maximum Gasteiger partial charge on any atom is 0.335 e. The van der Waals surface area contributed by atoms with Crippen LogP contribution in [-0.2, 0) is 0 Å². The maximum atomic E-state index is 11.1. The van der Waals surface area contributed by atoms with E-state index in [4.69, 9.17) is 32.7 Å². The molecular weight excluding hydrogens is 373 g/mol. The first-order chi connectivity index (χ1) is 12.5. The zero-order valence-electron chi connectivity index (χ0n) is 13.2. The third-order valence-corrected chi connectivity index (χ3v) is 4.34. The Morgan fingerprint density at radius 3 is 2.54 bits per heavy atom. The molecule has 0 saturated carbocycles. The second kappa shape index (κ2) is 7.49. The largest absolute Gasteiger partial charge is 0.478 e. The summed E-state index contributed by atoms with van der Waals surface area (Å²) in [6.45, 7) is 0. The molecule has 0 fully saturated rings. The lowest BCUT2D eigenvalue weighted by Gasteiger charge is -2.03. The van der Waals surface area contributed by atoms with Crippen LogP contribution in [-0.4, -0.2) is 11.1 Å². The molecule has 6 heteroatoms. The van der Waals surface area contributed by atoms with Gasteiger partial charge in [0.25, 0.3) is 0 Å². The van der Waals surface area contributed by atoms with Gasteiger partial charge in [-0.15, -0.1) is 0 Å². The third kappa shape index (κ3) is 3.65. The van der Waals surface area contributed by atoms with Crippen molar-refractivity contribution in [3.05, 3.63) is 81.5 Å². The van der Waals surface area contributed by atoms with Crippen molar-refractivity contribution in [3.63, 3.8) is 0 Å². The van der Waals surface area contributed by atoms with E-state index in [1.807, 2.05) is 0 Å². The second-order valence-corrected chi connectivity index (χ2v) is 6.17. The zero-order chi connectivity index (χ0) is 18.7. The quantitative estimate of drug-likeness (QED) is 0.559. The topological polar surface area (TPSA) is 74.2 Å². The van der Waals surface area contributed by atoms with Crippen LogP contribution in [0.15, 0.2) is 59.0 Å². The summed E-state index contributed by atoms with van der Waals surface area (Å²) in [5.41, 5.74) is 1.51. The van der Waals surface area contributed by atoms with E-state index in [9.17, 15) is 10.1 Å². The molecule has 1 N–H and O–H groups in total. The van der Waals surface area contributed by atoms with Gasteiger partial charge in [0.15, 0.2) is 0 Å². The summed E-state index contributed by atoms with van der Waals surface area (Å²) in [5, 5.41) is 19.4. The lowest BCUT2D eigenvalue weighted by atomic mass is 10.1. The number of halogens is 2. The van der Waals surface area contributed by atoms with Crippen LogP contribution in [0, 0.1) is 11.3 Å². The average Bonchev–Trinajstić information content (AvgIpc) is 3.09. The van der Waals surface area contributed by atoms with Gasteiger partial charge >= 0.3 is 5.97 Å². The van der Waals surface area contributed by atoms with Gasteiger partial charge in [0.1, 0.15) is 11.5 Å². The molecular formula is C20H11Cl2NO3. The molecule has 3 rings (SSSR count). The van der Waals surface area contributed by atoms with E-state index in [-0.39, 0.29) is 5.56 Å². The lowest BCUT2D eigenvalue weighted by Crippen LogP contribution is -1.96. The van der Waals surface area contributed by atoms with Crippen molar-refractivity contribution in [2.24, 2.45) is 0 Å². The normalized spacial score (nSPS) is 11.2. The number of nitrogens with zero attached hydrogens (tertiary/aromatic N) is 1. The molecule has 0 unspecified atom stereocenters. The van der Waals surface area contributed by atoms with E-state index in [1.165, 1.54) is 18.2 Å². The fraction of sp³-hybridized carbons (Fsp3) is 0. The van der Waals surface area contributed by atoms with Crippen LogP contribution in [0.25, 0.3) is 23.0 Å². The van der Waals surface area contributed by atoms with Crippen LogP contribution in [0.5, 0.6) is 0 Å². The molecule has 0 aliphatic carbocycles. The highest BCUT2D eigenvalue weighted by molar-refractivity contribution is 6.33. The van der Waals surface area contributed by atoms with Crippen LogP contribution in [0.3, 0.4) is 0 Å². The van der Waals surface area contributed by atoms with E-state index in [2.05, 4.69) is 6.07 Å². The molecule has 128 valence electrons. The Bertz CT molecular complexity index is 1060. The molecule has 2 aromatic carbocycles. The van der Waals surface area contributed by atoms with Crippen LogP contribution < -0.4 is 0 Å². The van der Waals surface area contributed by atoms with Crippen molar-refractivity contribution in [3.8, 4) is 17.4 Å². The minimum absolute atomic E-state index is 0.103. The Balaban J connectivity index is 2.01. The minimum atomic E-state index is -1.06. The molecule has 0 spiro atoms. The molecule has 0 amide bonds. The molecule has 1 aromatic heterocycles. The van der Waals surface area contributed by atoms with E-state index in [0.29, 0.717) is 38.3 Å². The smallest absolute Gasteiger partial charge is 0.335 e. The predicted molar refractivity (Wildman–Crippen MR) is 101 cm³/mol. The highest BCUT2D eigenvalue weighted by Crippen LogP contribution is 2.32. The van der Waals surface area contributed by atoms with E-state index in [1.54, 1.807) is 42.5 Å². The van der Waals surface area contributed by atoms with Gasteiger partial charge in [0.2, 0.25) is 0 Å².